The Hall–Kier alpha value is -3.12. The number of nitrogens with one attached hydrogen (secondary N) is 2. The van der Waals surface area contributed by atoms with Crippen molar-refractivity contribution in [3.8, 4) is 5.75 Å². The van der Waals surface area contributed by atoms with Crippen LogP contribution in [0.3, 0.4) is 0 Å². The lowest BCUT2D eigenvalue weighted by atomic mass is 9.91. The molecule has 0 bridgehead atoms. The van der Waals surface area contributed by atoms with E-state index in [0.29, 0.717) is 5.56 Å². The minimum Gasteiger partial charge on any atom is -0.491 e. The summed E-state index contributed by atoms with van der Waals surface area (Å²) < 4.78 is 56.5. The van der Waals surface area contributed by atoms with Gasteiger partial charge in [0.05, 0.1) is 22.2 Å². The summed E-state index contributed by atoms with van der Waals surface area (Å²) in [5, 5.41) is 5.03. The second-order valence-corrected chi connectivity index (χ2v) is 10.1. The Morgan fingerprint density at radius 2 is 1.81 bits per heavy atom. The highest BCUT2D eigenvalue weighted by molar-refractivity contribution is 7.90. The molecular formula is C20H19F2N3O5S2. The summed E-state index contributed by atoms with van der Waals surface area (Å²) >= 11 is 0.770. The second-order valence-electron chi connectivity index (χ2n) is 7.13. The number of carbonyl (C=O) groups is 2. The molecule has 1 heterocycles. The lowest BCUT2D eigenvalue weighted by Crippen LogP contribution is -2.51. The maximum absolute atomic E-state index is 14.5. The molecule has 170 valence electrons. The number of halogens is 2. The van der Waals surface area contributed by atoms with Crippen LogP contribution in [0.15, 0.2) is 35.2 Å². The number of amides is 2. The molecule has 0 fully saturated rings. The molecule has 0 aliphatic rings. The van der Waals surface area contributed by atoms with Gasteiger partial charge in [-0.15, -0.1) is 0 Å². The number of carbonyl (C=O) groups excluding carboxylic acids is 2. The third-order valence-electron chi connectivity index (χ3n) is 4.70. The molecule has 0 aliphatic heterocycles. The smallest absolute Gasteiger partial charge is 0.256 e. The molecule has 2 amide bonds. The molecule has 12 heteroatoms. The van der Waals surface area contributed by atoms with Crippen LogP contribution in [0.1, 0.15) is 19.4 Å². The van der Waals surface area contributed by atoms with Gasteiger partial charge in [0.15, 0.2) is 32.4 Å². The lowest BCUT2D eigenvalue weighted by Gasteiger charge is -2.29. The monoisotopic (exact) mass is 483 g/mol. The van der Waals surface area contributed by atoms with E-state index in [2.05, 4.69) is 15.6 Å². The maximum atomic E-state index is 14.5. The molecule has 0 spiro atoms. The summed E-state index contributed by atoms with van der Waals surface area (Å²) in [5.41, 5.74) is -1.32. The zero-order valence-corrected chi connectivity index (χ0v) is 19.1. The van der Waals surface area contributed by atoms with Gasteiger partial charge in [0, 0.05) is 19.2 Å². The van der Waals surface area contributed by atoms with Crippen LogP contribution < -0.4 is 15.4 Å². The third kappa shape index (κ3) is 4.41. The van der Waals surface area contributed by atoms with Crippen molar-refractivity contribution in [1.29, 1.82) is 0 Å². The van der Waals surface area contributed by atoms with Crippen LogP contribution in [0.2, 0.25) is 0 Å². The molecule has 1 aromatic heterocycles. The van der Waals surface area contributed by atoms with Crippen molar-refractivity contribution in [1.82, 2.24) is 10.3 Å². The highest BCUT2D eigenvalue weighted by Crippen LogP contribution is 2.35. The van der Waals surface area contributed by atoms with Crippen LogP contribution in [0, 0.1) is 11.6 Å². The van der Waals surface area contributed by atoms with Crippen LogP contribution >= 0.6 is 11.3 Å². The van der Waals surface area contributed by atoms with Crippen LogP contribution in [0.5, 0.6) is 5.75 Å². The van der Waals surface area contributed by atoms with Gasteiger partial charge in [-0.1, -0.05) is 23.5 Å². The number of benzene rings is 2. The number of nitrogens with zero attached hydrogens (tertiary/aromatic N) is 1. The lowest BCUT2D eigenvalue weighted by molar-refractivity contribution is -0.129. The minimum atomic E-state index is -3.46. The first kappa shape index (κ1) is 23.5. The summed E-state index contributed by atoms with van der Waals surface area (Å²) in [6.07, 6.45) is 1.05. The van der Waals surface area contributed by atoms with Crippen LogP contribution in [-0.2, 0) is 25.0 Å². The van der Waals surface area contributed by atoms with Gasteiger partial charge in [-0.05, 0) is 24.6 Å². The SMILES string of the molecule is COc1c(F)cc2nc(NC(=O)C(C)(NC(C)=O)c3ccc(S(C)(=O)=O)cc3)sc2c1F. The van der Waals surface area contributed by atoms with Gasteiger partial charge in [0.2, 0.25) is 5.91 Å². The number of aromatic nitrogens is 1. The van der Waals surface area contributed by atoms with E-state index < -0.39 is 44.6 Å². The Balaban J connectivity index is 1.99. The van der Waals surface area contributed by atoms with Crippen LogP contribution in [0.25, 0.3) is 10.2 Å². The van der Waals surface area contributed by atoms with E-state index >= 15 is 0 Å². The number of methoxy groups -OCH3 is 1. The Morgan fingerprint density at radius 3 is 2.34 bits per heavy atom. The summed E-state index contributed by atoms with van der Waals surface area (Å²) in [6.45, 7) is 2.65. The maximum Gasteiger partial charge on any atom is 0.256 e. The van der Waals surface area contributed by atoms with Gasteiger partial charge in [-0.2, -0.15) is 0 Å². The number of rotatable bonds is 6. The van der Waals surface area contributed by atoms with Crippen molar-refractivity contribution in [2.75, 3.05) is 18.7 Å². The van der Waals surface area contributed by atoms with E-state index in [1.54, 1.807) is 0 Å². The molecule has 0 saturated heterocycles. The second kappa shape index (κ2) is 8.43. The quantitative estimate of drug-likeness (QED) is 0.557. The molecule has 2 aromatic carbocycles. The van der Waals surface area contributed by atoms with Gasteiger partial charge >= 0.3 is 0 Å². The first-order valence-corrected chi connectivity index (χ1v) is 11.8. The first-order chi connectivity index (χ1) is 14.9. The van der Waals surface area contributed by atoms with E-state index in [1.165, 1.54) is 38.1 Å². The third-order valence-corrected chi connectivity index (χ3v) is 6.80. The van der Waals surface area contributed by atoms with Crippen LogP contribution in [-0.4, -0.2) is 38.6 Å². The van der Waals surface area contributed by atoms with Crippen LogP contribution in [0.4, 0.5) is 13.9 Å². The Morgan fingerprint density at radius 1 is 1.19 bits per heavy atom. The average molecular weight is 484 g/mol. The fraction of sp³-hybridized carbons (Fsp3) is 0.250. The number of fused-ring (bicyclic) bond motifs is 1. The van der Waals surface area contributed by atoms with Crippen molar-refractivity contribution in [3.63, 3.8) is 0 Å². The number of hydrogen-bond acceptors (Lipinski definition) is 7. The molecule has 8 nitrogen and oxygen atoms in total. The molecule has 1 atom stereocenters. The van der Waals surface area contributed by atoms with Crippen molar-refractivity contribution >= 4 is 48.3 Å². The Bertz CT molecular complexity index is 1320. The summed E-state index contributed by atoms with van der Waals surface area (Å²) in [6, 6.07) is 6.44. The van der Waals surface area contributed by atoms with Gasteiger partial charge in [-0.25, -0.2) is 22.2 Å². The van der Waals surface area contributed by atoms with E-state index in [0.717, 1.165) is 30.8 Å². The molecule has 3 aromatic rings. The van der Waals surface area contributed by atoms with Gasteiger partial charge in [0.1, 0.15) is 5.54 Å². The fourth-order valence-corrected chi connectivity index (χ4v) is 4.59. The zero-order chi connectivity index (χ0) is 23.8. The summed E-state index contributed by atoms with van der Waals surface area (Å²) in [7, 11) is -2.33. The van der Waals surface area contributed by atoms with E-state index in [9.17, 15) is 26.8 Å². The summed E-state index contributed by atoms with van der Waals surface area (Å²) in [5.74, 6) is -3.67. The van der Waals surface area contributed by atoms with E-state index in [-0.39, 0.29) is 20.2 Å². The van der Waals surface area contributed by atoms with Gasteiger partial charge in [-0.3, -0.25) is 14.9 Å². The van der Waals surface area contributed by atoms with Crippen molar-refractivity contribution in [2.24, 2.45) is 0 Å². The highest BCUT2D eigenvalue weighted by atomic mass is 32.2. The topological polar surface area (TPSA) is 114 Å². The van der Waals surface area contributed by atoms with E-state index in [4.69, 9.17) is 4.74 Å². The number of thiazole rings is 1. The fourth-order valence-electron chi connectivity index (χ4n) is 3.09. The molecule has 0 saturated carbocycles. The Kier molecular flexibility index (Phi) is 6.20. The van der Waals surface area contributed by atoms with Gasteiger partial charge in [0.25, 0.3) is 5.91 Å². The predicted octanol–water partition coefficient (Wildman–Crippen LogP) is 2.98. The van der Waals surface area contributed by atoms with Crippen molar-refractivity contribution in [2.45, 2.75) is 24.3 Å². The van der Waals surface area contributed by atoms with E-state index in [1.807, 2.05) is 0 Å². The number of anilines is 1. The number of sulfone groups is 1. The average Bonchev–Trinajstić information content (AvgIpc) is 3.09. The molecule has 32 heavy (non-hydrogen) atoms. The first-order valence-electron chi connectivity index (χ1n) is 9.10. The van der Waals surface area contributed by atoms with Crippen molar-refractivity contribution < 1.29 is 31.5 Å². The largest absolute Gasteiger partial charge is 0.491 e. The number of hydrogen-bond donors (Lipinski definition) is 2. The highest BCUT2D eigenvalue weighted by Gasteiger charge is 2.37. The number of ether oxygens (including phenoxy) is 1. The predicted molar refractivity (Wildman–Crippen MR) is 115 cm³/mol. The molecule has 3 rings (SSSR count). The van der Waals surface area contributed by atoms with Crippen molar-refractivity contribution in [3.05, 3.63) is 47.5 Å². The summed E-state index contributed by atoms with van der Waals surface area (Å²) in [4.78, 5) is 29.0. The Labute approximate surface area is 186 Å². The molecule has 1 unspecified atom stereocenters. The normalized spacial score (nSPS) is 13.4. The molecular weight excluding hydrogens is 464 g/mol. The van der Waals surface area contributed by atoms with Gasteiger partial charge < -0.3 is 10.1 Å². The molecule has 0 radical (unpaired) electrons. The zero-order valence-electron chi connectivity index (χ0n) is 17.4. The molecule has 2 N–H and O–H groups in total. The standard InChI is InChI=1S/C20H19F2N3O5S2/c1-10(26)25-20(2,11-5-7-12(8-6-11)32(4,28)29)18(27)24-19-23-14-9-13(21)16(30-3)15(22)17(14)31-19/h5-9H,1-4H3,(H,25,26)(H,23,24,27). The minimum absolute atomic E-state index is 0.0140. The molecule has 0 aliphatic carbocycles.